The molecule has 0 spiro atoms. The summed E-state index contributed by atoms with van der Waals surface area (Å²) in [7, 11) is 1.27. The first-order valence-electron chi connectivity index (χ1n) is 9.34. The van der Waals surface area contributed by atoms with E-state index in [-0.39, 0.29) is 23.2 Å². The fraction of sp³-hybridized carbons (Fsp3) is 0.333. The molecule has 28 heavy (non-hydrogen) atoms. The predicted molar refractivity (Wildman–Crippen MR) is 104 cm³/mol. The average molecular weight is 381 g/mol. The van der Waals surface area contributed by atoms with Crippen LogP contribution in [0.3, 0.4) is 0 Å². The third-order valence-electron chi connectivity index (χ3n) is 4.78. The maximum atomic E-state index is 12.6. The number of pyridine rings is 1. The lowest BCUT2D eigenvalue weighted by Gasteiger charge is -2.22. The monoisotopic (exact) mass is 381 g/mol. The number of benzene rings is 1. The van der Waals surface area contributed by atoms with E-state index < -0.39 is 11.9 Å². The van der Waals surface area contributed by atoms with Crippen LogP contribution in [-0.2, 0) is 4.74 Å². The molecule has 2 amide bonds. The number of hydrogen-bond acceptors (Lipinski definition) is 5. The number of rotatable bonds is 5. The minimum Gasteiger partial charge on any atom is -0.465 e. The molecule has 1 aliphatic rings. The van der Waals surface area contributed by atoms with Crippen molar-refractivity contribution in [2.45, 2.75) is 38.1 Å². The Morgan fingerprint density at radius 1 is 1.04 bits per heavy atom. The Balaban J connectivity index is 1.72. The topological polar surface area (TPSA) is 97.4 Å². The highest BCUT2D eigenvalue weighted by atomic mass is 16.5. The summed E-state index contributed by atoms with van der Waals surface area (Å²) in [5.41, 5.74) is 1.03. The van der Waals surface area contributed by atoms with Gasteiger partial charge in [-0.15, -0.1) is 0 Å². The molecule has 1 aliphatic carbocycles. The van der Waals surface area contributed by atoms with Crippen molar-refractivity contribution in [1.82, 2.24) is 10.3 Å². The Kier molecular flexibility index (Phi) is 6.37. The lowest BCUT2D eigenvalue weighted by atomic mass is 9.95. The first-order chi connectivity index (χ1) is 13.6. The third-order valence-corrected chi connectivity index (χ3v) is 4.78. The van der Waals surface area contributed by atoms with Gasteiger partial charge in [-0.25, -0.2) is 4.79 Å². The quantitative estimate of drug-likeness (QED) is 0.775. The van der Waals surface area contributed by atoms with Gasteiger partial charge in [-0.2, -0.15) is 0 Å². The SMILES string of the molecule is COC(=O)c1ccccc1NC(=O)c1cc(C(=O)NC2CCCCC2)ccn1. The van der Waals surface area contributed by atoms with Crippen molar-refractivity contribution in [3.05, 3.63) is 59.4 Å². The van der Waals surface area contributed by atoms with Crippen molar-refractivity contribution in [1.29, 1.82) is 0 Å². The number of aromatic nitrogens is 1. The number of amides is 2. The van der Waals surface area contributed by atoms with Gasteiger partial charge in [0.25, 0.3) is 11.8 Å². The van der Waals surface area contributed by atoms with E-state index in [2.05, 4.69) is 15.6 Å². The second-order valence-corrected chi connectivity index (χ2v) is 6.73. The van der Waals surface area contributed by atoms with Gasteiger partial charge in [0.15, 0.2) is 0 Å². The molecule has 7 nitrogen and oxygen atoms in total. The second-order valence-electron chi connectivity index (χ2n) is 6.73. The van der Waals surface area contributed by atoms with Gasteiger partial charge < -0.3 is 15.4 Å². The van der Waals surface area contributed by atoms with Gasteiger partial charge in [-0.05, 0) is 37.1 Å². The molecule has 1 heterocycles. The van der Waals surface area contributed by atoms with E-state index in [1.165, 1.54) is 25.8 Å². The Morgan fingerprint density at radius 3 is 2.54 bits per heavy atom. The van der Waals surface area contributed by atoms with E-state index >= 15 is 0 Å². The molecule has 0 saturated heterocycles. The van der Waals surface area contributed by atoms with E-state index in [0.717, 1.165) is 25.7 Å². The van der Waals surface area contributed by atoms with E-state index in [4.69, 9.17) is 4.74 Å². The molecule has 3 rings (SSSR count). The zero-order valence-electron chi connectivity index (χ0n) is 15.7. The normalized spacial score (nSPS) is 14.2. The van der Waals surface area contributed by atoms with Gasteiger partial charge >= 0.3 is 5.97 Å². The summed E-state index contributed by atoms with van der Waals surface area (Å²) in [6.45, 7) is 0. The lowest BCUT2D eigenvalue weighted by Crippen LogP contribution is -2.36. The van der Waals surface area contributed by atoms with Gasteiger partial charge in [0.2, 0.25) is 0 Å². The fourth-order valence-corrected chi connectivity index (χ4v) is 3.28. The van der Waals surface area contributed by atoms with Gasteiger partial charge in [0.1, 0.15) is 5.69 Å². The van der Waals surface area contributed by atoms with Crippen LogP contribution < -0.4 is 10.6 Å². The summed E-state index contributed by atoms with van der Waals surface area (Å²) in [6.07, 6.45) is 6.84. The summed E-state index contributed by atoms with van der Waals surface area (Å²) in [4.78, 5) is 41.0. The van der Waals surface area contributed by atoms with Crippen molar-refractivity contribution in [3.63, 3.8) is 0 Å². The molecule has 0 bridgehead atoms. The summed E-state index contributed by atoms with van der Waals surface area (Å²) >= 11 is 0. The fourth-order valence-electron chi connectivity index (χ4n) is 3.28. The standard InChI is InChI=1S/C21H23N3O4/c1-28-21(27)16-9-5-6-10-17(16)24-20(26)18-13-14(11-12-22-18)19(25)23-15-7-3-2-4-8-15/h5-6,9-13,15H,2-4,7-8H2,1H3,(H,23,25)(H,24,26). The van der Waals surface area contributed by atoms with Crippen LogP contribution in [0.4, 0.5) is 5.69 Å². The number of methoxy groups -OCH3 is 1. The van der Waals surface area contributed by atoms with Crippen molar-refractivity contribution < 1.29 is 19.1 Å². The van der Waals surface area contributed by atoms with Gasteiger partial charge in [0, 0.05) is 17.8 Å². The number of anilines is 1. The summed E-state index contributed by atoms with van der Waals surface area (Å²) in [5, 5.41) is 5.68. The maximum absolute atomic E-state index is 12.6. The molecule has 1 saturated carbocycles. The molecule has 1 aromatic heterocycles. The van der Waals surface area contributed by atoms with Gasteiger partial charge in [-0.1, -0.05) is 31.4 Å². The Bertz CT molecular complexity index is 875. The highest BCUT2D eigenvalue weighted by molar-refractivity contribution is 6.08. The van der Waals surface area contributed by atoms with Crippen molar-refractivity contribution >= 4 is 23.5 Å². The average Bonchev–Trinajstić information content (AvgIpc) is 2.74. The van der Waals surface area contributed by atoms with Crippen LogP contribution in [0.15, 0.2) is 42.6 Å². The molecule has 0 atom stereocenters. The van der Waals surface area contributed by atoms with Gasteiger partial charge in [0.05, 0.1) is 18.4 Å². The molecule has 1 fully saturated rings. The number of esters is 1. The van der Waals surface area contributed by atoms with Crippen LogP contribution in [-0.4, -0.2) is 35.9 Å². The Morgan fingerprint density at radius 2 is 1.79 bits per heavy atom. The highest BCUT2D eigenvalue weighted by Crippen LogP contribution is 2.19. The number of nitrogens with one attached hydrogen (secondary N) is 2. The smallest absolute Gasteiger partial charge is 0.339 e. The number of ether oxygens (including phenoxy) is 1. The van der Waals surface area contributed by atoms with Crippen molar-refractivity contribution in [3.8, 4) is 0 Å². The Labute approximate surface area is 163 Å². The summed E-state index contributed by atoms with van der Waals surface area (Å²) < 4.78 is 4.73. The minimum atomic E-state index is -0.551. The number of para-hydroxylation sites is 1. The number of hydrogen-bond donors (Lipinski definition) is 2. The molecule has 0 aliphatic heterocycles. The molecule has 2 aromatic rings. The van der Waals surface area contributed by atoms with E-state index in [1.807, 2.05) is 0 Å². The number of nitrogens with zero attached hydrogens (tertiary/aromatic N) is 1. The first kappa shape index (κ1) is 19.5. The third kappa shape index (κ3) is 4.73. The largest absolute Gasteiger partial charge is 0.465 e. The molecule has 0 unspecified atom stereocenters. The van der Waals surface area contributed by atoms with Gasteiger partial charge in [-0.3, -0.25) is 14.6 Å². The maximum Gasteiger partial charge on any atom is 0.339 e. The van der Waals surface area contributed by atoms with Crippen molar-refractivity contribution in [2.75, 3.05) is 12.4 Å². The highest BCUT2D eigenvalue weighted by Gasteiger charge is 2.19. The second kappa shape index (κ2) is 9.12. The molecular weight excluding hydrogens is 358 g/mol. The molecule has 0 radical (unpaired) electrons. The Hall–Kier alpha value is -3.22. The summed E-state index contributed by atoms with van der Waals surface area (Å²) in [6, 6.07) is 9.75. The van der Waals surface area contributed by atoms with Crippen molar-refractivity contribution in [2.24, 2.45) is 0 Å². The predicted octanol–water partition coefficient (Wildman–Crippen LogP) is 3.18. The zero-order chi connectivity index (χ0) is 19.9. The van der Waals surface area contributed by atoms with E-state index in [9.17, 15) is 14.4 Å². The number of carbonyl (C=O) groups is 3. The van der Waals surface area contributed by atoms with Crippen LogP contribution in [0, 0.1) is 0 Å². The summed E-state index contributed by atoms with van der Waals surface area (Å²) in [5.74, 6) is -1.27. The zero-order valence-corrected chi connectivity index (χ0v) is 15.7. The molecule has 7 heteroatoms. The van der Waals surface area contributed by atoms with E-state index in [0.29, 0.717) is 11.3 Å². The van der Waals surface area contributed by atoms with E-state index in [1.54, 1.807) is 30.3 Å². The van der Waals surface area contributed by atoms with Crippen LogP contribution in [0.5, 0.6) is 0 Å². The first-order valence-corrected chi connectivity index (χ1v) is 9.34. The lowest BCUT2D eigenvalue weighted by molar-refractivity contribution is 0.0601. The minimum absolute atomic E-state index is 0.0935. The van der Waals surface area contributed by atoms with Crippen LogP contribution in [0.2, 0.25) is 0 Å². The van der Waals surface area contributed by atoms with Crippen LogP contribution in [0.25, 0.3) is 0 Å². The van der Waals surface area contributed by atoms with Crippen LogP contribution in [0.1, 0.15) is 63.3 Å². The molecule has 146 valence electrons. The molecule has 2 N–H and O–H groups in total. The van der Waals surface area contributed by atoms with Crippen LogP contribution >= 0.6 is 0 Å². The molecule has 1 aromatic carbocycles. The molecular formula is C21H23N3O4. The number of carbonyl (C=O) groups excluding carboxylic acids is 3.